The number of nitrogens with one attached hydrogen (secondary N) is 1. The lowest BCUT2D eigenvalue weighted by Crippen LogP contribution is -2.42. The minimum Gasteiger partial charge on any atom is -0.495 e. The lowest BCUT2D eigenvalue weighted by molar-refractivity contribution is 0.189. The van der Waals surface area contributed by atoms with E-state index in [0.29, 0.717) is 23.9 Å². The SMILES string of the molecule is COc1ccccc1NC(=O)N1CCC[C@H](c2nccn2CC2CCC2)C1. The molecule has 1 atom stereocenters. The van der Waals surface area contributed by atoms with Crippen molar-refractivity contribution in [3.05, 3.63) is 42.5 Å². The molecule has 2 heterocycles. The van der Waals surface area contributed by atoms with Gasteiger partial charge in [0.25, 0.3) is 0 Å². The number of carbonyl (C=O) groups is 1. The maximum Gasteiger partial charge on any atom is 0.321 e. The van der Waals surface area contributed by atoms with Crippen molar-refractivity contribution in [2.45, 2.75) is 44.6 Å². The van der Waals surface area contributed by atoms with E-state index < -0.39 is 0 Å². The summed E-state index contributed by atoms with van der Waals surface area (Å²) in [6, 6.07) is 7.44. The molecule has 1 N–H and O–H groups in total. The highest BCUT2D eigenvalue weighted by atomic mass is 16.5. The third-order valence-electron chi connectivity index (χ3n) is 5.85. The molecule has 2 aromatic rings. The van der Waals surface area contributed by atoms with Crippen LogP contribution < -0.4 is 10.1 Å². The molecule has 27 heavy (non-hydrogen) atoms. The number of para-hydroxylation sites is 2. The van der Waals surface area contributed by atoms with Crippen LogP contribution in [0.4, 0.5) is 10.5 Å². The van der Waals surface area contributed by atoms with E-state index in [9.17, 15) is 4.79 Å². The second-order valence-corrected chi connectivity index (χ2v) is 7.65. The number of anilines is 1. The quantitative estimate of drug-likeness (QED) is 0.864. The number of likely N-dealkylation sites (tertiary alicyclic amines) is 1. The monoisotopic (exact) mass is 368 g/mol. The second-order valence-electron chi connectivity index (χ2n) is 7.65. The van der Waals surface area contributed by atoms with Crippen LogP contribution in [0.15, 0.2) is 36.7 Å². The highest BCUT2D eigenvalue weighted by Crippen LogP contribution is 2.31. The Balaban J connectivity index is 1.42. The lowest BCUT2D eigenvalue weighted by Gasteiger charge is -2.33. The van der Waals surface area contributed by atoms with Gasteiger partial charge in [-0.25, -0.2) is 9.78 Å². The van der Waals surface area contributed by atoms with Gasteiger partial charge in [0, 0.05) is 37.9 Å². The Labute approximate surface area is 160 Å². The van der Waals surface area contributed by atoms with Crippen molar-refractivity contribution >= 4 is 11.7 Å². The Morgan fingerprint density at radius 1 is 1.26 bits per heavy atom. The predicted octanol–water partition coefficient (Wildman–Crippen LogP) is 4.10. The summed E-state index contributed by atoms with van der Waals surface area (Å²) >= 11 is 0. The summed E-state index contributed by atoms with van der Waals surface area (Å²) in [6.45, 7) is 2.56. The molecule has 0 spiro atoms. The molecule has 2 aliphatic rings. The number of carbonyl (C=O) groups excluding carboxylic acids is 1. The molecule has 0 bridgehead atoms. The van der Waals surface area contributed by atoms with Crippen molar-refractivity contribution in [3.8, 4) is 5.75 Å². The predicted molar refractivity (Wildman–Crippen MR) is 105 cm³/mol. The lowest BCUT2D eigenvalue weighted by atomic mass is 9.85. The first-order chi connectivity index (χ1) is 13.2. The molecule has 1 aromatic heterocycles. The summed E-state index contributed by atoms with van der Waals surface area (Å²) < 4.78 is 7.65. The van der Waals surface area contributed by atoms with Gasteiger partial charge in [0.05, 0.1) is 12.8 Å². The molecule has 6 heteroatoms. The van der Waals surface area contributed by atoms with Crippen LogP contribution in [0.3, 0.4) is 0 Å². The van der Waals surface area contributed by atoms with Crippen molar-refractivity contribution in [2.75, 3.05) is 25.5 Å². The molecule has 6 nitrogen and oxygen atoms in total. The van der Waals surface area contributed by atoms with E-state index in [1.54, 1.807) is 7.11 Å². The number of ether oxygens (including phenoxy) is 1. The molecule has 1 aliphatic carbocycles. The van der Waals surface area contributed by atoms with Crippen LogP contribution in [0, 0.1) is 5.92 Å². The van der Waals surface area contributed by atoms with Crippen LogP contribution in [0.25, 0.3) is 0 Å². The van der Waals surface area contributed by atoms with Crippen LogP contribution in [-0.4, -0.2) is 40.7 Å². The van der Waals surface area contributed by atoms with E-state index >= 15 is 0 Å². The first kappa shape index (κ1) is 17.9. The summed E-state index contributed by atoms with van der Waals surface area (Å²) in [4.78, 5) is 19.3. The normalized spacial score (nSPS) is 20.2. The molecule has 2 amide bonds. The number of benzene rings is 1. The van der Waals surface area contributed by atoms with Gasteiger partial charge in [-0.05, 0) is 43.7 Å². The minimum atomic E-state index is -0.0682. The average Bonchev–Trinajstić information content (AvgIpc) is 3.13. The zero-order chi connectivity index (χ0) is 18.6. The largest absolute Gasteiger partial charge is 0.495 e. The summed E-state index contributed by atoms with van der Waals surface area (Å²) in [5, 5.41) is 3.00. The Morgan fingerprint density at radius 2 is 2.11 bits per heavy atom. The van der Waals surface area contributed by atoms with Gasteiger partial charge in [-0.2, -0.15) is 0 Å². The highest BCUT2D eigenvalue weighted by molar-refractivity contribution is 5.91. The average molecular weight is 368 g/mol. The van der Waals surface area contributed by atoms with E-state index in [1.807, 2.05) is 35.4 Å². The number of amides is 2. The zero-order valence-corrected chi connectivity index (χ0v) is 15.9. The molecule has 1 saturated carbocycles. The van der Waals surface area contributed by atoms with E-state index in [4.69, 9.17) is 4.74 Å². The number of methoxy groups -OCH3 is 1. The van der Waals surface area contributed by atoms with Gasteiger partial charge in [0.15, 0.2) is 0 Å². The molecular formula is C21H28N4O2. The van der Waals surface area contributed by atoms with Crippen LogP contribution in [-0.2, 0) is 6.54 Å². The summed E-state index contributed by atoms with van der Waals surface area (Å²) in [5.41, 5.74) is 0.707. The molecule has 2 fully saturated rings. The van der Waals surface area contributed by atoms with Gasteiger partial charge in [-0.1, -0.05) is 18.6 Å². The number of piperidine rings is 1. The van der Waals surface area contributed by atoms with Crippen LogP contribution >= 0.6 is 0 Å². The highest BCUT2D eigenvalue weighted by Gasteiger charge is 2.29. The van der Waals surface area contributed by atoms with Crippen molar-refractivity contribution < 1.29 is 9.53 Å². The molecular weight excluding hydrogens is 340 g/mol. The summed E-state index contributed by atoms with van der Waals surface area (Å²) in [5.74, 6) is 2.91. The van der Waals surface area contributed by atoms with Crippen molar-refractivity contribution in [1.82, 2.24) is 14.5 Å². The first-order valence-corrected chi connectivity index (χ1v) is 9.94. The van der Waals surface area contributed by atoms with Crippen molar-refractivity contribution in [2.24, 2.45) is 5.92 Å². The van der Waals surface area contributed by atoms with Crippen LogP contribution in [0.1, 0.15) is 43.8 Å². The number of hydrogen-bond donors (Lipinski definition) is 1. The second kappa shape index (κ2) is 8.03. The van der Waals surface area contributed by atoms with Gasteiger partial charge in [-0.15, -0.1) is 0 Å². The Morgan fingerprint density at radius 3 is 2.89 bits per heavy atom. The fourth-order valence-electron chi connectivity index (χ4n) is 4.10. The number of rotatable bonds is 5. The molecule has 144 valence electrons. The number of aromatic nitrogens is 2. The molecule has 4 rings (SSSR count). The van der Waals surface area contributed by atoms with Crippen molar-refractivity contribution in [3.63, 3.8) is 0 Å². The standard InChI is InChI=1S/C21H28N4O2/c1-27-19-10-3-2-9-18(19)23-21(26)25-12-5-8-17(15-25)20-22-11-13-24(20)14-16-6-4-7-16/h2-3,9-11,13,16-17H,4-8,12,14-15H2,1H3,(H,23,26)/t17-/m0/s1. The number of nitrogens with zero attached hydrogens (tertiary/aromatic N) is 3. The molecule has 0 radical (unpaired) electrons. The minimum absolute atomic E-state index is 0.0682. The van der Waals surface area contributed by atoms with Gasteiger partial charge < -0.3 is 19.5 Å². The van der Waals surface area contributed by atoms with Gasteiger partial charge >= 0.3 is 6.03 Å². The Kier molecular flexibility index (Phi) is 5.32. The summed E-state index contributed by atoms with van der Waals surface area (Å²) in [7, 11) is 1.61. The van der Waals surface area contributed by atoms with E-state index in [-0.39, 0.29) is 6.03 Å². The zero-order valence-electron chi connectivity index (χ0n) is 15.9. The fraction of sp³-hybridized carbons (Fsp3) is 0.524. The fourth-order valence-corrected chi connectivity index (χ4v) is 4.10. The smallest absolute Gasteiger partial charge is 0.321 e. The Bertz CT molecular complexity index is 784. The molecule has 0 unspecified atom stereocenters. The van der Waals surface area contributed by atoms with E-state index in [0.717, 1.165) is 37.7 Å². The van der Waals surface area contributed by atoms with Gasteiger partial charge in [0.1, 0.15) is 11.6 Å². The maximum absolute atomic E-state index is 12.8. The topological polar surface area (TPSA) is 59.4 Å². The van der Waals surface area contributed by atoms with Crippen LogP contribution in [0.2, 0.25) is 0 Å². The molecule has 1 aliphatic heterocycles. The van der Waals surface area contributed by atoms with Crippen LogP contribution in [0.5, 0.6) is 5.75 Å². The Hall–Kier alpha value is -2.50. The molecule has 1 aromatic carbocycles. The van der Waals surface area contributed by atoms with Gasteiger partial charge in [0.2, 0.25) is 0 Å². The number of urea groups is 1. The van der Waals surface area contributed by atoms with Gasteiger partial charge in [-0.3, -0.25) is 0 Å². The maximum atomic E-state index is 12.8. The third-order valence-corrected chi connectivity index (χ3v) is 5.85. The van der Waals surface area contributed by atoms with Crippen molar-refractivity contribution in [1.29, 1.82) is 0 Å². The number of imidazole rings is 1. The first-order valence-electron chi connectivity index (χ1n) is 9.94. The third kappa shape index (κ3) is 3.94. The summed E-state index contributed by atoms with van der Waals surface area (Å²) in [6.07, 6.45) is 10.1. The van der Waals surface area contributed by atoms with E-state index in [1.165, 1.54) is 19.3 Å². The number of hydrogen-bond acceptors (Lipinski definition) is 3. The van der Waals surface area contributed by atoms with E-state index in [2.05, 4.69) is 21.1 Å². The molecule has 1 saturated heterocycles.